The number of thiazole rings is 1. The fraction of sp³-hybridized carbons (Fsp3) is 0.583. The SMILES string of the molecule is CC(=O)c1sc(CNC(=O)OC(C)(C)C)nc1C. The van der Waals surface area contributed by atoms with Gasteiger partial charge in [0, 0.05) is 6.92 Å². The Balaban J connectivity index is 2.57. The first kappa shape index (κ1) is 14.6. The summed E-state index contributed by atoms with van der Waals surface area (Å²) in [5, 5.41) is 3.31. The maximum atomic E-state index is 11.4. The Morgan fingerprint density at radius 2 is 2.00 bits per heavy atom. The number of hydrogen-bond donors (Lipinski definition) is 1. The molecule has 0 aliphatic heterocycles. The van der Waals surface area contributed by atoms with Gasteiger partial charge in [-0.3, -0.25) is 4.79 Å². The lowest BCUT2D eigenvalue weighted by Crippen LogP contribution is -2.32. The number of aryl methyl sites for hydroxylation is 1. The smallest absolute Gasteiger partial charge is 0.408 e. The van der Waals surface area contributed by atoms with Gasteiger partial charge >= 0.3 is 6.09 Å². The van der Waals surface area contributed by atoms with Gasteiger partial charge in [-0.15, -0.1) is 11.3 Å². The molecule has 0 unspecified atom stereocenters. The summed E-state index contributed by atoms with van der Waals surface area (Å²) in [6.07, 6.45) is -0.486. The van der Waals surface area contributed by atoms with Crippen molar-refractivity contribution in [3.05, 3.63) is 15.6 Å². The molecule has 0 aliphatic carbocycles. The quantitative estimate of drug-likeness (QED) is 0.857. The highest BCUT2D eigenvalue weighted by Gasteiger charge is 2.17. The van der Waals surface area contributed by atoms with E-state index in [9.17, 15) is 9.59 Å². The van der Waals surface area contributed by atoms with E-state index < -0.39 is 11.7 Å². The molecule has 1 aromatic rings. The van der Waals surface area contributed by atoms with Crippen LogP contribution in [0, 0.1) is 6.92 Å². The Morgan fingerprint density at radius 3 is 2.44 bits per heavy atom. The molecule has 1 heterocycles. The molecular formula is C12H18N2O3S. The predicted octanol–water partition coefficient (Wildman–Crippen LogP) is 2.68. The van der Waals surface area contributed by atoms with E-state index in [1.54, 1.807) is 27.7 Å². The maximum Gasteiger partial charge on any atom is 0.408 e. The fourth-order valence-electron chi connectivity index (χ4n) is 1.32. The zero-order valence-electron chi connectivity index (χ0n) is 11.3. The second kappa shape index (κ2) is 5.48. The Kier molecular flexibility index (Phi) is 4.45. The van der Waals surface area contributed by atoms with Gasteiger partial charge in [-0.05, 0) is 27.7 Å². The summed E-state index contributed by atoms with van der Waals surface area (Å²) in [7, 11) is 0. The third kappa shape index (κ3) is 4.44. The van der Waals surface area contributed by atoms with Crippen LogP contribution in [0.4, 0.5) is 4.79 Å². The van der Waals surface area contributed by atoms with Crippen molar-refractivity contribution >= 4 is 23.2 Å². The molecule has 0 fully saturated rings. The molecule has 0 saturated heterocycles. The first-order chi connectivity index (χ1) is 8.19. The van der Waals surface area contributed by atoms with Gasteiger partial charge in [0.15, 0.2) is 5.78 Å². The van der Waals surface area contributed by atoms with Crippen LogP contribution < -0.4 is 5.32 Å². The summed E-state index contributed by atoms with van der Waals surface area (Å²) in [4.78, 5) is 27.6. The molecule has 0 spiro atoms. The lowest BCUT2D eigenvalue weighted by molar-refractivity contribution is 0.0523. The van der Waals surface area contributed by atoms with Gasteiger partial charge in [0.05, 0.1) is 17.1 Å². The monoisotopic (exact) mass is 270 g/mol. The lowest BCUT2D eigenvalue weighted by Gasteiger charge is -2.19. The van der Waals surface area contributed by atoms with E-state index in [2.05, 4.69) is 10.3 Å². The van der Waals surface area contributed by atoms with Crippen molar-refractivity contribution < 1.29 is 14.3 Å². The minimum Gasteiger partial charge on any atom is -0.444 e. The third-order valence-corrected chi connectivity index (χ3v) is 3.20. The normalized spacial score (nSPS) is 11.2. The van der Waals surface area contributed by atoms with Crippen LogP contribution in [-0.2, 0) is 11.3 Å². The minimum atomic E-state index is -0.520. The average molecular weight is 270 g/mol. The number of nitrogens with one attached hydrogen (secondary N) is 1. The van der Waals surface area contributed by atoms with Crippen LogP contribution in [0.3, 0.4) is 0 Å². The van der Waals surface area contributed by atoms with Crippen LogP contribution >= 0.6 is 11.3 Å². The second-order valence-electron chi connectivity index (χ2n) is 4.93. The number of carbonyl (C=O) groups excluding carboxylic acids is 2. The van der Waals surface area contributed by atoms with Gasteiger partial charge in [0.2, 0.25) is 0 Å². The molecule has 18 heavy (non-hydrogen) atoms. The first-order valence-electron chi connectivity index (χ1n) is 5.63. The molecule has 0 saturated carbocycles. The van der Waals surface area contributed by atoms with Crippen LogP contribution in [0.2, 0.25) is 0 Å². The predicted molar refractivity (Wildman–Crippen MR) is 69.9 cm³/mol. The number of rotatable bonds is 3. The van der Waals surface area contributed by atoms with Gasteiger partial charge in [-0.25, -0.2) is 9.78 Å². The lowest BCUT2D eigenvalue weighted by atomic mass is 10.2. The third-order valence-electron chi connectivity index (χ3n) is 1.94. The van der Waals surface area contributed by atoms with Crippen LogP contribution in [0.25, 0.3) is 0 Å². The zero-order chi connectivity index (χ0) is 13.9. The molecule has 100 valence electrons. The Bertz CT molecular complexity index is 460. The van der Waals surface area contributed by atoms with Crippen molar-refractivity contribution in [1.29, 1.82) is 0 Å². The number of hydrogen-bond acceptors (Lipinski definition) is 5. The largest absolute Gasteiger partial charge is 0.444 e. The number of alkyl carbamates (subject to hydrolysis) is 1. The number of amides is 1. The Morgan fingerprint density at radius 1 is 1.39 bits per heavy atom. The molecule has 1 aromatic heterocycles. The molecule has 6 heteroatoms. The van der Waals surface area contributed by atoms with Crippen molar-refractivity contribution in [3.63, 3.8) is 0 Å². The first-order valence-corrected chi connectivity index (χ1v) is 6.45. The van der Waals surface area contributed by atoms with Crippen molar-refractivity contribution in [3.8, 4) is 0 Å². The number of ether oxygens (including phenoxy) is 1. The van der Waals surface area contributed by atoms with Crippen LogP contribution in [0.5, 0.6) is 0 Å². The van der Waals surface area contributed by atoms with E-state index in [1.807, 2.05) is 0 Å². The topological polar surface area (TPSA) is 68.3 Å². The fourth-order valence-corrected chi connectivity index (χ4v) is 2.22. The van der Waals surface area contributed by atoms with E-state index in [0.717, 1.165) is 0 Å². The van der Waals surface area contributed by atoms with Crippen molar-refractivity contribution in [2.24, 2.45) is 0 Å². The van der Waals surface area contributed by atoms with Gasteiger partial charge in [0.25, 0.3) is 0 Å². The molecule has 1 N–H and O–H groups in total. The molecule has 0 aromatic carbocycles. The molecule has 5 nitrogen and oxygen atoms in total. The molecule has 0 bridgehead atoms. The number of nitrogens with zero attached hydrogens (tertiary/aromatic N) is 1. The summed E-state index contributed by atoms with van der Waals surface area (Å²) >= 11 is 1.30. The average Bonchev–Trinajstić information content (AvgIpc) is 2.54. The summed E-state index contributed by atoms with van der Waals surface area (Å²) in [6, 6.07) is 0. The van der Waals surface area contributed by atoms with Gasteiger partial charge in [-0.2, -0.15) is 0 Å². The van der Waals surface area contributed by atoms with E-state index >= 15 is 0 Å². The second-order valence-corrected chi connectivity index (χ2v) is 6.02. The van der Waals surface area contributed by atoms with Gasteiger partial charge in [0.1, 0.15) is 10.6 Å². The van der Waals surface area contributed by atoms with Gasteiger partial charge in [-0.1, -0.05) is 0 Å². The van der Waals surface area contributed by atoms with E-state index in [4.69, 9.17) is 4.74 Å². The number of aromatic nitrogens is 1. The Hall–Kier alpha value is -1.43. The maximum absolute atomic E-state index is 11.4. The summed E-state index contributed by atoms with van der Waals surface area (Å²) in [5.74, 6) is -0.00600. The zero-order valence-corrected chi connectivity index (χ0v) is 12.1. The molecule has 0 radical (unpaired) electrons. The molecule has 0 aliphatic rings. The van der Waals surface area contributed by atoms with E-state index in [1.165, 1.54) is 18.3 Å². The summed E-state index contributed by atoms with van der Waals surface area (Å²) in [5.41, 5.74) is 0.182. The standard InChI is InChI=1S/C12H18N2O3S/c1-7-10(8(2)15)18-9(14-7)6-13-11(16)17-12(3,4)5/h6H2,1-5H3,(H,13,16). The van der Waals surface area contributed by atoms with Crippen LogP contribution in [0.15, 0.2) is 0 Å². The number of carbonyl (C=O) groups is 2. The Labute approximate surface area is 111 Å². The highest BCUT2D eigenvalue weighted by Crippen LogP contribution is 2.18. The van der Waals surface area contributed by atoms with Crippen molar-refractivity contribution in [1.82, 2.24) is 10.3 Å². The number of ketones is 1. The molecule has 1 rings (SSSR count). The van der Waals surface area contributed by atoms with Crippen molar-refractivity contribution in [2.45, 2.75) is 46.8 Å². The molecule has 0 atom stereocenters. The van der Waals surface area contributed by atoms with Gasteiger partial charge < -0.3 is 10.1 Å². The van der Waals surface area contributed by atoms with E-state index in [0.29, 0.717) is 15.6 Å². The highest BCUT2D eigenvalue weighted by atomic mass is 32.1. The van der Waals surface area contributed by atoms with Crippen LogP contribution in [0.1, 0.15) is 48.1 Å². The summed E-state index contributed by atoms with van der Waals surface area (Å²) in [6.45, 7) is 8.96. The summed E-state index contributed by atoms with van der Waals surface area (Å²) < 4.78 is 5.10. The molecule has 1 amide bonds. The van der Waals surface area contributed by atoms with Crippen molar-refractivity contribution in [2.75, 3.05) is 0 Å². The highest BCUT2D eigenvalue weighted by molar-refractivity contribution is 7.13. The van der Waals surface area contributed by atoms with Crippen LogP contribution in [-0.4, -0.2) is 22.5 Å². The minimum absolute atomic E-state index is 0.00600. The number of Topliss-reactive ketones (excluding diaryl/α,β-unsaturated/α-hetero) is 1. The van der Waals surface area contributed by atoms with E-state index in [-0.39, 0.29) is 12.3 Å². The molecular weight excluding hydrogens is 252 g/mol.